The van der Waals surface area contributed by atoms with E-state index >= 15 is 0 Å². The van der Waals surface area contributed by atoms with Crippen LogP contribution < -0.4 is 5.32 Å². The lowest BCUT2D eigenvalue weighted by atomic mass is 10.1. The molecule has 0 bridgehead atoms. The van der Waals surface area contributed by atoms with Gasteiger partial charge in [0.2, 0.25) is 0 Å². The Balaban J connectivity index is 1.76. The van der Waals surface area contributed by atoms with Crippen LogP contribution in [0.3, 0.4) is 0 Å². The minimum atomic E-state index is -0.0792. The van der Waals surface area contributed by atoms with E-state index in [1.165, 1.54) is 0 Å². The molecule has 1 N–H and O–H groups in total. The highest BCUT2D eigenvalue weighted by atomic mass is 16.1. The number of carbonyl (C=O) groups is 1. The van der Waals surface area contributed by atoms with E-state index in [1.54, 1.807) is 6.20 Å². The van der Waals surface area contributed by atoms with E-state index in [0.717, 1.165) is 23.5 Å². The van der Waals surface area contributed by atoms with E-state index in [4.69, 9.17) is 0 Å². The second-order valence-electron chi connectivity index (χ2n) is 6.63. The molecule has 0 aliphatic heterocycles. The molecule has 26 heavy (non-hydrogen) atoms. The Morgan fingerprint density at radius 1 is 1.08 bits per heavy atom. The lowest BCUT2D eigenvalue weighted by Crippen LogP contribution is -2.35. The van der Waals surface area contributed by atoms with Crippen LogP contribution in [0.25, 0.3) is 5.69 Å². The lowest BCUT2D eigenvalue weighted by molar-refractivity contribution is 0.0930. The van der Waals surface area contributed by atoms with Gasteiger partial charge < -0.3 is 10.2 Å². The Hall–Kier alpha value is -2.92. The fourth-order valence-electron chi connectivity index (χ4n) is 2.92. The monoisotopic (exact) mass is 348 g/mol. The Bertz CT molecular complexity index is 853. The minimum absolute atomic E-state index is 0.0632. The van der Waals surface area contributed by atoms with Crippen molar-refractivity contribution in [3.05, 3.63) is 83.7 Å². The molecule has 3 rings (SSSR count). The van der Waals surface area contributed by atoms with E-state index in [0.29, 0.717) is 5.56 Å². The zero-order chi connectivity index (χ0) is 18.5. The summed E-state index contributed by atoms with van der Waals surface area (Å²) >= 11 is 0. The van der Waals surface area contributed by atoms with Crippen LogP contribution in [0.5, 0.6) is 0 Å². The molecule has 3 aromatic rings. The predicted octanol–water partition coefficient (Wildman–Crippen LogP) is 3.21. The second kappa shape index (κ2) is 7.97. The van der Waals surface area contributed by atoms with Crippen molar-refractivity contribution >= 4 is 5.91 Å². The van der Waals surface area contributed by atoms with Crippen molar-refractivity contribution < 1.29 is 4.79 Å². The third kappa shape index (κ3) is 4.18. The maximum Gasteiger partial charge on any atom is 0.251 e. The van der Waals surface area contributed by atoms with Crippen LogP contribution in [0.2, 0.25) is 0 Å². The van der Waals surface area contributed by atoms with Crippen LogP contribution in [-0.2, 0) is 0 Å². The SMILES string of the molecule is Cc1ccnn1-c1ccc(C(=O)NC(CN(C)C)c2ccccc2)cc1. The summed E-state index contributed by atoms with van der Waals surface area (Å²) in [5, 5.41) is 7.44. The number of amides is 1. The molecular weight excluding hydrogens is 324 g/mol. The van der Waals surface area contributed by atoms with Crippen LogP contribution in [0.15, 0.2) is 66.9 Å². The third-order valence-electron chi connectivity index (χ3n) is 4.26. The third-order valence-corrected chi connectivity index (χ3v) is 4.26. The Morgan fingerprint density at radius 3 is 2.35 bits per heavy atom. The van der Waals surface area contributed by atoms with E-state index in [2.05, 4.69) is 15.3 Å². The fraction of sp³-hybridized carbons (Fsp3) is 0.238. The van der Waals surface area contributed by atoms with Crippen LogP contribution in [0.4, 0.5) is 0 Å². The van der Waals surface area contributed by atoms with Gasteiger partial charge in [-0.2, -0.15) is 5.10 Å². The average molecular weight is 348 g/mol. The standard InChI is InChI=1S/C21H24N4O/c1-16-13-14-22-25(16)19-11-9-18(10-12-19)21(26)23-20(15-24(2)3)17-7-5-4-6-8-17/h4-14,20H,15H2,1-3H3,(H,23,26). The largest absolute Gasteiger partial charge is 0.344 e. The van der Waals surface area contributed by atoms with Crippen molar-refractivity contribution in [2.45, 2.75) is 13.0 Å². The first-order chi connectivity index (χ1) is 12.5. The maximum absolute atomic E-state index is 12.7. The van der Waals surface area contributed by atoms with Crippen LogP contribution in [0.1, 0.15) is 27.7 Å². The Labute approximate surface area is 154 Å². The summed E-state index contributed by atoms with van der Waals surface area (Å²) in [6.45, 7) is 2.74. The summed E-state index contributed by atoms with van der Waals surface area (Å²) < 4.78 is 1.85. The topological polar surface area (TPSA) is 50.2 Å². The molecule has 1 unspecified atom stereocenters. The van der Waals surface area contributed by atoms with Gasteiger partial charge in [0.15, 0.2) is 0 Å². The van der Waals surface area contributed by atoms with Gasteiger partial charge in [-0.05, 0) is 56.9 Å². The zero-order valence-electron chi connectivity index (χ0n) is 15.4. The molecule has 0 spiro atoms. The van der Waals surface area contributed by atoms with Crippen LogP contribution in [-0.4, -0.2) is 41.2 Å². The first-order valence-corrected chi connectivity index (χ1v) is 8.66. The molecular formula is C21H24N4O. The number of rotatable bonds is 6. The number of carbonyl (C=O) groups excluding carboxylic acids is 1. The van der Waals surface area contributed by atoms with Crippen molar-refractivity contribution in [3.8, 4) is 5.69 Å². The van der Waals surface area contributed by atoms with Gasteiger partial charge in [0, 0.05) is 24.0 Å². The van der Waals surface area contributed by atoms with Crippen LogP contribution >= 0.6 is 0 Å². The molecule has 0 fully saturated rings. The van der Waals surface area contributed by atoms with Gasteiger partial charge in [-0.25, -0.2) is 4.68 Å². The van der Waals surface area contributed by atoms with Gasteiger partial charge in [-0.3, -0.25) is 4.79 Å². The predicted molar refractivity (Wildman–Crippen MR) is 104 cm³/mol. The Morgan fingerprint density at radius 2 is 1.77 bits per heavy atom. The number of aromatic nitrogens is 2. The fourth-order valence-corrected chi connectivity index (χ4v) is 2.92. The zero-order valence-corrected chi connectivity index (χ0v) is 15.4. The molecule has 134 valence electrons. The smallest absolute Gasteiger partial charge is 0.251 e. The van der Waals surface area contributed by atoms with E-state index < -0.39 is 0 Å². The van der Waals surface area contributed by atoms with Gasteiger partial charge in [0.25, 0.3) is 5.91 Å². The highest BCUT2D eigenvalue weighted by Crippen LogP contribution is 2.16. The maximum atomic E-state index is 12.7. The number of likely N-dealkylation sites (N-methyl/N-ethyl adjacent to an activating group) is 1. The number of hydrogen-bond acceptors (Lipinski definition) is 3. The average Bonchev–Trinajstić information content (AvgIpc) is 3.07. The summed E-state index contributed by atoms with van der Waals surface area (Å²) in [6, 6.07) is 19.4. The summed E-state index contributed by atoms with van der Waals surface area (Å²) in [5.41, 5.74) is 3.73. The number of nitrogens with one attached hydrogen (secondary N) is 1. The molecule has 5 nitrogen and oxygen atoms in total. The minimum Gasteiger partial charge on any atom is -0.344 e. The van der Waals surface area contributed by atoms with Crippen molar-refractivity contribution in [3.63, 3.8) is 0 Å². The molecule has 0 radical (unpaired) electrons. The molecule has 0 aliphatic carbocycles. The van der Waals surface area contributed by atoms with Gasteiger partial charge >= 0.3 is 0 Å². The molecule has 1 amide bonds. The number of benzene rings is 2. The molecule has 0 aliphatic rings. The molecule has 0 saturated carbocycles. The Kier molecular flexibility index (Phi) is 5.49. The van der Waals surface area contributed by atoms with Crippen molar-refractivity contribution in [2.75, 3.05) is 20.6 Å². The normalized spacial score (nSPS) is 12.2. The first kappa shape index (κ1) is 17.9. The van der Waals surface area contributed by atoms with Gasteiger partial charge in [0.1, 0.15) is 0 Å². The highest BCUT2D eigenvalue weighted by molar-refractivity contribution is 5.94. The highest BCUT2D eigenvalue weighted by Gasteiger charge is 2.16. The first-order valence-electron chi connectivity index (χ1n) is 8.66. The summed E-state index contributed by atoms with van der Waals surface area (Å²) in [5.74, 6) is -0.0792. The summed E-state index contributed by atoms with van der Waals surface area (Å²) in [7, 11) is 4.01. The second-order valence-corrected chi connectivity index (χ2v) is 6.63. The molecule has 2 aromatic carbocycles. The van der Waals surface area contributed by atoms with E-state index in [-0.39, 0.29) is 11.9 Å². The lowest BCUT2D eigenvalue weighted by Gasteiger charge is -2.23. The number of nitrogens with zero attached hydrogens (tertiary/aromatic N) is 3. The molecule has 5 heteroatoms. The summed E-state index contributed by atoms with van der Waals surface area (Å²) in [4.78, 5) is 14.8. The van der Waals surface area contributed by atoms with Crippen LogP contribution in [0, 0.1) is 6.92 Å². The van der Waals surface area contributed by atoms with Crippen molar-refractivity contribution in [1.82, 2.24) is 20.0 Å². The summed E-state index contributed by atoms with van der Waals surface area (Å²) in [6.07, 6.45) is 1.77. The van der Waals surface area contributed by atoms with E-state index in [9.17, 15) is 4.79 Å². The van der Waals surface area contributed by atoms with Gasteiger partial charge in [-0.1, -0.05) is 30.3 Å². The molecule has 1 atom stereocenters. The molecule has 1 heterocycles. The van der Waals surface area contributed by atoms with Crippen molar-refractivity contribution in [2.24, 2.45) is 0 Å². The van der Waals surface area contributed by atoms with Crippen molar-refractivity contribution in [1.29, 1.82) is 0 Å². The van der Waals surface area contributed by atoms with Gasteiger partial charge in [0.05, 0.1) is 11.7 Å². The molecule has 0 saturated heterocycles. The molecule has 1 aromatic heterocycles. The quantitative estimate of drug-likeness (QED) is 0.744. The van der Waals surface area contributed by atoms with Gasteiger partial charge in [-0.15, -0.1) is 0 Å². The van der Waals surface area contributed by atoms with E-state index in [1.807, 2.05) is 86.4 Å². The number of aryl methyl sites for hydroxylation is 1. The number of hydrogen-bond donors (Lipinski definition) is 1.